The molecule has 0 aliphatic heterocycles. The van der Waals surface area contributed by atoms with Crippen LogP contribution in [0.25, 0.3) is 11.0 Å². The van der Waals surface area contributed by atoms with E-state index in [0.717, 1.165) is 16.8 Å². The number of carbonyl (C=O) groups excluding carboxylic acids is 1. The molecule has 2 rings (SSSR count). The van der Waals surface area contributed by atoms with E-state index in [-0.39, 0.29) is 24.1 Å². The van der Waals surface area contributed by atoms with Crippen LogP contribution in [0.5, 0.6) is 5.75 Å². The quantitative estimate of drug-likeness (QED) is 0.679. The smallest absolute Gasteiger partial charge is 0.316 e. The second-order valence-electron chi connectivity index (χ2n) is 3.52. The number of imidazole rings is 1. The topological polar surface area (TPSA) is 64.2 Å². The number of halogens is 1. The molecule has 0 spiro atoms. The number of hydrogen-bond donors (Lipinski definition) is 1. The van der Waals surface area contributed by atoms with Crippen LogP contribution in [0.4, 0.5) is 0 Å². The maximum absolute atomic E-state index is 11.2. The SMILES string of the molecule is CCOC(=O)CSc1nc2ccc(OC)cc2[nH]1.Cl. The third-order valence-electron chi connectivity index (χ3n) is 2.30. The lowest BCUT2D eigenvalue weighted by molar-refractivity contribution is -0.139. The van der Waals surface area contributed by atoms with Gasteiger partial charge in [0.2, 0.25) is 0 Å². The van der Waals surface area contributed by atoms with Crippen molar-refractivity contribution in [1.29, 1.82) is 0 Å². The molecular formula is C12H15ClN2O3S. The van der Waals surface area contributed by atoms with Gasteiger partial charge < -0.3 is 14.5 Å². The fraction of sp³-hybridized carbons (Fsp3) is 0.333. The Kier molecular flexibility index (Phi) is 5.98. The zero-order chi connectivity index (χ0) is 13.0. The maximum atomic E-state index is 11.2. The van der Waals surface area contributed by atoms with Crippen molar-refractivity contribution in [2.45, 2.75) is 12.1 Å². The summed E-state index contributed by atoms with van der Waals surface area (Å²) >= 11 is 1.33. The van der Waals surface area contributed by atoms with E-state index in [1.54, 1.807) is 14.0 Å². The Bertz CT molecular complexity index is 559. The molecule has 2 aromatic rings. The third-order valence-corrected chi connectivity index (χ3v) is 3.15. The monoisotopic (exact) mass is 302 g/mol. The Labute approximate surface area is 121 Å². The molecule has 0 radical (unpaired) electrons. The van der Waals surface area contributed by atoms with Gasteiger partial charge in [-0.25, -0.2) is 4.98 Å². The number of aromatic amines is 1. The number of benzene rings is 1. The van der Waals surface area contributed by atoms with Crippen molar-refractivity contribution < 1.29 is 14.3 Å². The number of nitrogens with one attached hydrogen (secondary N) is 1. The highest BCUT2D eigenvalue weighted by Gasteiger charge is 2.08. The van der Waals surface area contributed by atoms with Gasteiger partial charge in [-0.3, -0.25) is 4.79 Å². The molecule has 1 N–H and O–H groups in total. The van der Waals surface area contributed by atoms with Crippen molar-refractivity contribution in [2.75, 3.05) is 19.5 Å². The lowest BCUT2D eigenvalue weighted by Crippen LogP contribution is -2.06. The summed E-state index contributed by atoms with van der Waals surface area (Å²) < 4.78 is 9.99. The minimum Gasteiger partial charge on any atom is -0.497 e. The largest absolute Gasteiger partial charge is 0.497 e. The molecule has 1 aromatic carbocycles. The van der Waals surface area contributed by atoms with Crippen LogP contribution >= 0.6 is 24.2 Å². The van der Waals surface area contributed by atoms with Crippen LogP contribution < -0.4 is 4.74 Å². The molecule has 0 aliphatic carbocycles. The van der Waals surface area contributed by atoms with Crippen molar-refractivity contribution >= 4 is 41.2 Å². The standard InChI is InChI=1S/C12H14N2O3S.ClH/c1-3-17-11(15)7-18-12-13-9-5-4-8(16-2)6-10(9)14-12;/h4-6H,3,7H2,1-2H3,(H,13,14);1H. The van der Waals surface area contributed by atoms with E-state index < -0.39 is 0 Å². The van der Waals surface area contributed by atoms with Gasteiger partial charge in [0.15, 0.2) is 5.16 Å². The van der Waals surface area contributed by atoms with Gasteiger partial charge in [0.1, 0.15) is 5.75 Å². The van der Waals surface area contributed by atoms with E-state index in [0.29, 0.717) is 11.8 Å². The first-order valence-electron chi connectivity index (χ1n) is 5.55. The number of methoxy groups -OCH3 is 1. The first kappa shape index (κ1) is 15.7. The Morgan fingerprint density at radius 2 is 2.26 bits per heavy atom. The Balaban J connectivity index is 0.00000180. The number of fused-ring (bicyclic) bond motifs is 1. The van der Waals surface area contributed by atoms with Gasteiger partial charge >= 0.3 is 5.97 Å². The molecule has 1 aromatic heterocycles. The molecule has 0 bridgehead atoms. The lowest BCUT2D eigenvalue weighted by Gasteiger charge is -1.98. The Morgan fingerprint density at radius 1 is 1.47 bits per heavy atom. The molecule has 104 valence electrons. The summed E-state index contributed by atoms with van der Waals surface area (Å²) in [5.74, 6) is 0.791. The number of H-pyrrole nitrogens is 1. The summed E-state index contributed by atoms with van der Waals surface area (Å²) in [6, 6.07) is 5.60. The van der Waals surface area contributed by atoms with Crippen molar-refractivity contribution in [3.05, 3.63) is 18.2 Å². The number of esters is 1. The number of thioether (sulfide) groups is 1. The number of hydrogen-bond acceptors (Lipinski definition) is 5. The predicted octanol–water partition coefficient (Wildman–Crippen LogP) is 2.65. The molecule has 19 heavy (non-hydrogen) atoms. The molecule has 1 heterocycles. The van der Waals surface area contributed by atoms with E-state index in [9.17, 15) is 4.79 Å². The molecule has 7 heteroatoms. The minimum absolute atomic E-state index is 0. The van der Waals surface area contributed by atoms with E-state index in [1.165, 1.54) is 11.8 Å². The summed E-state index contributed by atoms with van der Waals surface area (Å²) in [5.41, 5.74) is 1.74. The zero-order valence-electron chi connectivity index (χ0n) is 10.6. The van der Waals surface area contributed by atoms with Gasteiger partial charge in [-0.15, -0.1) is 12.4 Å². The van der Waals surface area contributed by atoms with Crippen molar-refractivity contribution in [3.8, 4) is 5.75 Å². The van der Waals surface area contributed by atoms with Crippen molar-refractivity contribution in [1.82, 2.24) is 9.97 Å². The van der Waals surface area contributed by atoms with Gasteiger partial charge in [-0.05, 0) is 19.1 Å². The van der Waals surface area contributed by atoms with Crippen LogP contribution in [0, 0.1) is 0 Å². The van der Waals surface area contributed by atoms with Crippen LogP contribution in [0.3, 0.4) is 0 Å². The fourth-order valence-corrected chi connectivity index (χ4v) is 2.17. The molecule has 0 amide bonds. The van der Waals surface area contributed by atoms with E-state index in [1.807, 2.05) is 18.2 Å². The number of rotatable bonds is 5. The highest BCUT2D eigenvalue weighted by molar-refractivity contribution is 7.99. The van der Waals surface area contributed by atoms with Gasteiger partial charge in [0.05, 0.1) is 30.5 Å². The highest BCUT2D eigenvalue weighted by Crippen LogP contribution is 2.23. The lowest BCUT2D eigenvalue weighted by atomic mass is 10.3. The van der Waals surface area contributed by atoms with E-state index in [4.69, 9.17) is 9.47 Å². The van der Waals surface area contributed by atoms with E-state index >= 15 is 0 Å². The van der Waals surface area contributed by atoms with Crippen LogP contribution in [0.2, 0.25) is 0 Å². The summed E-state index contributed by atoms with van der Waals surface area (Å²) in [4.78, 5) is 18.7. The summed E-state index contributed by atoms with van der Waals surface area (Å²) in [5, 5.41) is 0.700. The van der Waals surface area contributed by atoms with Gasteiger partial charge in [-0.2, -0.15) is 0 Å². The van der Waals surface area contributed by atoms with Gasteiger partial charge in [0.25, 0.3) is 0 Å². The summed E-state index contributed by atoms with van der Waals surface area (Å²) in [7, 11) is 1.62. The van der Waals surface area contributed by atoms with Crippen LogP contribution in [0.15, 0.2) is 23.4 Å². The first-order valence-corrected chi connectivity index (χ1v) is 6.53. The minimum atomic E-state index is -0.236. The van der Waals surface area contributed by atoms with Crippen molar-refractivity contribution in [3.63, 3.8) is 0 Å². The van der Waals surface area contributed by atoms with Crippen molar-refractivity contribution in [2.24, 2.45) is 0 Å². The molecule has 0 atom stereocenters. The van der Waals surface area contributed by atoms with E-state index in [2.05, 4.69) is 9.97 Å². The normalized spacial score (nSPS) is 10.0. The molecule has 5 nitrogen and oxygen atoms in total. The van der Waals surface area contributed by atoms with Gasteiger partial charge in [0, 0.05) is 6.07 Å². The fourth-order valence-electron chi connectivity index (χ4n) is 1.49. The Hall–Kier alpha value is -1.40. The second-order valence-corrected chi connectivity index (χ2v) is 4.48. The zero-order valence-corrected chi connectivity index (χ0v) is 12.3. The second kappa shape index (κ2) is 7.25. The summed E-state index contributed by atoms with van der Waals surface area (Å²) in [6.45, 7) is 2.19. The maximum Gasteiger partial charge on any atom is 0.316 e. The van der Waals surface area contributed by atoms with Crippen LogP contribution in [0.1, 0.15) is 6.92 Å². The number of nitrogens with zero attached hydrogens (tertiary/aromatic N) is 1. The molecular weight excluding hydrogens is 288 g/mol. The number of carbonyl (C=O) groups is 1. The third kappa shape index (κ3) is 4.04. The Morgan fingerprint density at radius 3 is 2.95 bits per heavy atom. The van der Waals surface area contributed by atoms with Crippen LogP contribution in [-0.2, 0) is 9.53 Å². The molecule has 0 saturated carbocycles. The number of ether oxygens (including phenoxy) is 2. The molecule has 0 saturated heterocycles. The first-order chi connectivity index (χ1) is 8.72. The average Bonchev–Trinajstić information content (AvgIpc) is 2.78. The predicted molar refractivity (Wildman–Crippen MR) is 77.3 cm³/mol. The molecule has 0 unspecified atom stereocenters. The number of aromatic nitrogens is 2. The summed E-state index contributed by atoms with van der Waals surface area (Å²) in [6.07, 6.45) is 0. The van der Waals surface area contributed by atoms with Crippen LogP contribution in [-0.4, -0.2) is 35.4 Å². The highest BCUT2D eigenvalue weighted by atomic mass is 35.5. The molecule has 0 fully saturated rings. The average molecular weight is 303 g/mol. The molecule has 0 aliphatic rings. The van der Waals surface area contributed by atoms with Gasteiger partial charge in [-0.1, -0.05) is 11.8 Å².